The standard InChI is InChI=1S/C15H20N4O/c1-12(13-10-16-11-13)15(20)19-8-6-18(7-9-19)14-4-2-3-5-17-14/h2-5,16H,6-11H2,1H3. The molecule has 3 heterocycles. The van der Waals surface area contributed by atoms with E-state index >= 15 is 0 Å². The third kappa shape index (κ3) is 2.54. The van der Waals surface area contributed by atoms with E-state index in [4.69, 9.17) is 0 Å². The molecular formula is C15H20N4O. The lowest BCUT2D eigenvalue weighted by atomic mass is 10.0. The molecule has 1 N–H and O–H groups in total. The number of aromatic nitrogens is 1. The minimum absolute atomic E-state index is 0.196. The lowest BCUT2D eigenvalue weighted by Crippen LogP contribution is -2.50. The fraction of sp³-hybridized carbons (Fsp3) is 0.467. The highest BCUT2D eigenvalue weighted by Gasteiger charge is 2.25. The Kier molecular flexibility index (Phi) is 3.69. The molecular weight excluding hydrogens is 252 g/mol. The van der Waals surface area contributed by atoms with E-state index in [9.17, 15) is 4.79 Å². The normalized spacial score (nSPS) is 18.8. The van der Waals surface area contributed by atoms with Crippen molar-refractivity contribution < 1.29 is 4.79 Å². The topological polar surface area (TPSA) is 48.5 Å². The maximum absolute atomic E-state index is 12.4. The Morgan fingerprint density at radius 3 is 2.50 bits per heavy atom. The summed E-state index contributed by atoms with van der Waals surface area (Å²) in [5, 5.41) is 3.18. The molecule has 0 aliphatic carbocycles. The van der Waals surface area contributed by atoms with Crippen LogP contribution in [0.25, 0.3) is 0 Å². The van der Waals surface area contributed by atoms with Crippen molar-refractivity contribution in [3.05, 3.63) is 35.5 Å². The Bertz CT molecular complexity index is 512. The smallest absolute Gasteiger partial charge is 0.249 e. The van der Waals surface area contributed by atoms with Crippen LogP contribution in [0.4, 0.5) is 5.82 Å². The van der Waals surface area contributed by atoms with E-state index in [1.807, 2.05) is 36.2 Å². The van der Waals surface area contributed by atoms with Gasteiger partial charge in [-0.15, -0.1) is 0 Å². The van der Waals surface area contributed by atoms with Gasteiger partial charge in [0.25, 0.3) is 0 Å². The Balaban J connectivity index is 1.60. The van der Waals surface area contributed by atoms with Crippen molar-refractivity contribution in [1.82, 2.24) is 15.2 Å². The second-order valence-corrected chi connectivity index (χ2v) is 5.30. The maximum atomic E-state index is 12.4. The molecule has 2 aliphatic heterocycles. The number of carbonyl (C=O) groups excluding carboxylic acids is 1. The van der Waals surface area contributed by atoms with E-state index in [-0.39, 0.29) is 5.91 Å². The lowest BCUT2D eigenvalue weighted by Gasteiger charge is -2.36. The molecule has 20 heavy (non-hydrogen) atoms. The number of piperazine rings is 1. The summed E-state index contributed by atoms with van der Waals surface area (Å²) in [5.41, 5.74) is 2.18. The second-order valence-electron chi connectivity index (χ2n) is 5.30. The summed E-state index contributed by atoms with van der Waals surface area (Å²) in [6, 6.07) is 5.94. The summed E-state index contributed by atoms with van der Waals surface area (Å²) in [6.45, 7) is 6.93. The first-order chi connectivity index (χ1) is 9.75. The zero-order chi connectivity index (χ0) is 13.9. The largest absolute Gasteiger partial charge is 0.353 e. The first-order valence-corrected chi connectivity index (χ1v) is 7.10. The van der Waals surface area contributed by atoms with Crippen molar-refractivity contribution in [1.29, 1.82) is 0 Å². The zero-order valence-electron chi connectivity index (χ0n) is 11.8. The van der Waals surface area contributed by atoms with Gasteiger partial charge in [-0.05, 0) is 24.6 Å². The summed E-state index contributed by atoms with van der Waals surface area (Å²) in [7, 11) is 0. The van der Waals surface area contributed by atoms with Crippen LogP contribution in [0.1, 0.15) is 6.92 Å². The zero-order valence-corrected chi connectivity index (χ0v) is 11.8. The number of carbonyl (C=O) groups is 1. The van der Waals surface area contributed by atoms with Gasteiger partial charge in [0.15, 0.2) is 0 Å². The molecule has 0 radical (unpaired) electrons. The average Bonchev–Trinajstić information content (AvgIpc) is 2.46. The molecule has 0 aromatic carbocycles. The number of amides is 1. The van der Waals surface area contributed by atoms with E-state index < -0.39 is 0 Å². The highest BCUT2D eigenvalue weighted by Crippen LogP contribution is 2.16. The minimum Gasteiger partial charge on any atom is -0.353 e. The van der Waals surface area contributed by atoms with Crippen LogP contribution < -0.4 is 10.2 Å². The van der Waals surface area contributed by atoms with Crippen molar-refractivity contribution in [2.24, 2.45) is 0 Å². The Morgan fingerprint density at radius 2 is 1.95 bits per heavy atom. The third-order valence-electron chi connectivity index (χ3n) is 4.07. The van der Waals surface area contributed by atoms with Crippen LogP contribution in [0.3, 0.4) is 0 Å². The number of hydrogen-bond donors (Lipinski definition) is 1. The molecule has 3 rings (SSSR count). The van der Waals surface area contributed by atoms with E-state index in [0.717, 1.165) is 50.7 Å². The van der Waals surface area contributed by atoms with Gasteiger partial charge >= 0.3 is 0 Å². The maximum Gasteiger partial charge on any atom is 0.249 e. The van der Waals surface area contributed by atoms with Gasteiger partial charge in [-0.3, -0.25) is 4.79 Å². The van der Waals surface area contributed by atoms with Crippen LogP contribution in [-0.4, -0.2) is 55.1 Å². The molecule has 0 bridgehead atoms. The number of nitrogens with one attached hydrogen (secondary N) is 1. The SMILES string of the molecule is CC(C(=O)N1CCN(c2ccccn2)CC1)=C1CNC1. The molecule has 0 unspecified atom stereocenters. The first-order valence-electron chi connectivity index (χ1n) is 7.10. The van der Waals surface area contributed by atoms with Gasteiger partial charge in [-0.1, -0.05) is 6.07 Å². The highest BCUT2D eigenvalue weighted by atomic mass is 16.2. The molecule has 2 aliphatic rings. The number of rotatable bonds is 2. The molecule has 106 valence electrons. The Hall–Kier alpha value is -1.88. The van der Waals surface area contributed by atoms with Gasteiger partial charge in [0.1, 0.15) is 5.82 Å². The van der Waals surface area contributed by atoms with Crippen LogP contribution in [0.2, 0.25) is 0 Å². The first kappa shape index (κ1) is 13.1. The van der Waals surface area contributed by atoms with E-state index in [1.54, 1.807) is 0 Å². The summed E-state index contributed by atoms with van der Waals surface area (Å²) in [5.74, 6) is 1.19. The van der Waals surface area contributed by atoms with Crippen molar-refractivity contribution in [3.63, 3.8) is 0 Å². The van der Waals surface area contributed by atoms with Gasteiger partial charge in [-0.2, -0.15) is 0 Å². The molecule has 2 fully saturated rings. The third-order valence-corrected chi connectivity index (χ3v) is 4.07. The Labute approximate surface area is 119 Å². The number of anilines is 1. The molecule has 1 amide bonds. The molecule has 2 saturated heterocycles. The van der Waals surface area contributed by atoms with Crippen LogP contribution in [-0.2, 0) is 4.79 Å². The number of pyridine rings is 1. The fourth-order valence-corrected chi connectivity index (χ4v) is 2.58. The van der Waals surface area contributed by atoms with Crippen LogP contribution >= 0.6 is 0 Å². The fourth-order valence-electron chi connectivity index (χ4n) is 2.58. The quantitative estimate of drug-likeness (QED) is 0.803. The second kappa shape index (κ2) is 5.63. The van der Waals surface area contributed by atoms with E-state index in [1.165, 1.54) is 5.57 Å². The van der Waals surface area contributed by atoms with Crippen LogP contribution in [0.5, 0.6) is 0 Å². The van der Waals surface area contributed by atoms with Gasteiger partial charge in [0.2, 0.25) is 5.91 Å². The summed E-state index contributed by atoms with van der Waals surface area (Å²) >= 11 is 0. The molecule has 5 nitrogen and oxygen atoms in total. The lowest BCUT2D eigenvalue weighted by molar-refractivity contribution is -0.127. The molecule has 0 saturated carbocycles. The molecule has 5 heteroatoms. The van der Waals surface area contributed by atoms with Gasteiger partial charge < -0.3 is 15.1 Å². The van der Waals surface area contributed by atoms with Crippen molar-refractivity contribution in [2.75, 3.05) is 44.2 Å². The summed E-state index contributed by atoms with van der Waals surface area (Å²) in [6.07, 6.45) is 1.81. The van der Waals surface area contributed by atoms with E-state index in [0.29, 0.717) is 0 Å². The average molecular weight is 272 g/mol. The monoisotopic (exact) mass is 272 g/mol. The van der Waals surface area contributed by atoms with Crippen LogP contribution in [0.15, 0.2) is 35.5 Å². The van der Waals surface area contributed by atoms with Crippen molar-refractivity contribution in [3.8, 4) is 0 Å². The van der Waals surface area contributed by atoms with Gasteiger partial charge in [0.05, 0.1) is 0 Å². The number of hydrogen-bond acceptors (Lipinski definition) is 4. The summed E-state index contributed by atoms with van der Waals surface area (Å²) < 4.78 is 0. The van der Waals surface area contributed by atoms with Gasteiger partial charge in [-0.25, -0.2) is 4.98 Å². The van der Waals surface area contributed by atoms with Gasteiger partial charge in [0, 0.05) is 51.0 Å². The molecule has 1 aromatic heterocycles. The predicted octanol–water partition coefficient (Wildman–Crippen LogP) is 0.650. The number of nitrogens with zero attached hydrogens (tertiary/aromatic N) is 3. The molecule has 1 aromatic rings. The van der Waals surface area contributed by atoms with Crippen molar-refractivity contribution >= 4 is 11.7 Å². The minimum atomic E-state index is 0.196. The molecule has 0 spiro atoms. The molecule has 0 atom stereocenters. The van der Waals surface area contributed by atoms with Crippen molar-refractivity contribution in [2.45, 2.75) is 6.92 Å². The predicted molar refractivity (Wildman–Crippen MR) is 78.6 cm³/mol. The van der Waals surface area contributed by atoms with Crippen LogP contribution in [0, 0.1) is 0 Å². The Morgan fingerprint density at radius 1 is 1.20 bits per heavy atom. The highest BCUT2D eigenvalue weighted by molar-refractivity contribution is 5.94. The van der Waals surface area contributed by atoms with E-state index in [2.05, 4.69) is 15.2 Å². The summed E-state index contributed by atoms with van der Waals surface area (Å²) in [4.78, 5) is 20.9.